The van der Waals surface area contributed by atoms with Gasteiger partial charge in [0.15, 0.2) is 5.96 Å². The summed E-state index contributed by atoms with van der Waals surface area (Å²) < 4.78 is 31.0. The first-order valence-corrected chi connectivity index (χ1v) is 10.1. The Morgan fingerprint density at radius 1 is 1.16 bits per heavy atom. The quantitative estimate of drug-likeness (QED) is 0.358. The highest BCUT2D eigenvalue weighted by atomic mass is 19.3. The third kappa shape index (κ3) is 6.14. The number of fused-ring (bicyclic) bond motifs is 1. The van der Waals surface area contributed by atoms with Gasteiger partial charge in [-0.3, -0.25) is 4.99 Å². The number of imidazole rings is 1. The van der Waals surface area contributed by atoms with Gasteiger partial charge in [0, 0.05) is 19.6 Å². The van der Waals surface area contributed by atoms with Crippen molar-refractivity contribution in [2.24, 2.45) is 4.99 Å². The zero-order valence-corrected chi connectivity index (χ0v) is 17.6. The number of guanidine groups is 1. The number of ether oxygens (including phenoxy) is 1. The van der Waals surface area contributed by atoms with E-state index >= 15 is 0 Å². The Hall–Kier alpha value is -3.20. The highest BCUT2D eigenvalue weighted by Crippen LogP contribution is 2.19. The minimum atomic E-state index is -2.88. The molecule has 0 bridgehead atoms. The van der Waals surface area contributed by atoms with Gasteiger partial charge < -0.3 is 25.0 Å². The van der Waals surface area contributed by atoms with E-state index in [1.54, 1.807) is 12.1 Å². The van der Waals surface area contributed by atoms with E-state index in [2.05, 4.69) is 29.9 Å². The highest BCUT2D eigenvalue weighted by molar-refractivity contribution is 5.80. The molecule has 1 atom stereocenters. The first-order chi connectivity index (χ1) is 15.0. The molecule has 1 unspecified atom stereocenters. The fraction of sp³-hybridized carbons (Fsp3) is 0.364. The van der Waals surface area contributed by atoms with Crippen LogP contribution in [0.3, 0.4) is 0 Å². The van der Waals surface area contributed by atoms with E-state index in [-0.39, 0.29) is 12.3 Å². The average molecular weight is 431 g/mol. The molecule has 2 aromatic carbocycles. The maximum absolute atomic E-state index is 12.2. The molecule has 0 aliphatic carbocycles. The number of aromatic nitrogens is 2. The molecule has 3 rings (SSSR count). The highest BCUT2D eigenvalue weighted by Gasteiger charge is 2.10. The standard InChI is InChI=1S/C22H27F2N5O2/c1-3-25-22(26-12-13-29-15(2)28-18-6-4-5-7-19(18)29)27-14-20(30)16-8-10-17(11-9-16)31-21(23)24/h4-11,20-21,30H,3,12-14H2,1-2H3,(H2,25,26,27). The number of para-hydroxylation sites is 2. The summed E-state index contributed by atoms with van der Waals surface area (Å²) in [6.07, 6.45) is -0.865. The maximum Gasteiger partial charge on any atom is 0.387 e. The van der Waals surface area contributed by atoms with E-state index in [1.807, 2.05) is 38.1 Å². The number of benzene rings is 2. The van der Waals surface area contributed by atoms with Gasteiger partial charge >= 0.3 is 6.61 Å². The van der Waals surface area contributed by atoms with E-state index in [4.69, 9.17) is 0 Å². The molecule has 0 saturated heterocycles. The van der Waals surface area contributed by atoms with Crippen molar-refractivity contribution in [2.45, 2.75) is 33.1 Å². The Morgan fingerprint density at radius 3 is 2.61 bits per heavy atom. The number of aryl methyl sites for hydroxylation is 1. The van der Waals surface area contributed by atoms with Gasteiger partial charge in [-0.2, -0.15) is 8.78 Å². The van der Waals surface area contributed by atoms with Crippen LogP contribution < -0.4 is 15.4 Å². The Labute approximate surface area is 179 Å². The lowest BCUT2D eigenvalue weighted by Gasteiger charge is -2.14. The number of hydrogen-bond acceptors (Lipinski definition) is 4. The van der Waals surface area contributed by atoms with Crippen molar-refractivity contribution >= 4 is 17.0 Å². The molecule has 0 spiro atoms. The van der Waals surface area contributed by atoms with Crippen LogP contribution in [0, 0.1) is 6.92 Å². The molecule has 31 heavy (non-hydrogen) atoms. The van der Waals surface area contributed by atoms with Crippen LogP contribution in [0.5, 0.6) is 5.75 Å². The fourth-order valence-corrected chi connectivity index (χ4v) is 3.26. The Kier molecular flexibility index (Phi) is 7.77. The summed E-state index contributed by atoms with van der Waals surface area (Å²) in [7, 11) is 0. The van der Waals surface area contributed by atoms with Crippen LogP contribution in [-0.4, -0.2) is 46.9 Å². The molecule has 9 heteroatoms. The lowest BCUT2D eigenvalue weighted by atomic mass is 10.1. The summed E-state index contributed by atoms with van der Waals surface area (Å²) in [5.74, 6) is 1.58. The summed E-state index contributed by atoms with van der Waals surface area (Å²) in [5, 5.41) is 16.8. The molecule has 0 saturated carbocycles. The molecule has 0 amide bonds. The predicted molar refractivity (Wildman–Crippen MR) is 116 cm³/mol. The summed E-state index contributed by atoms with van der Waals surface area (Å²) in [4.78, 5) is 9.00. The number of alkyl halides is 2. The average Bonchev–Trinajstić information content (AvgIpc) is 3.07. The lowest BCUT2D eigenvalue weighted by Crippen LogP contribution is -2.39. The van der Waals surface area contributed by atoms with Crippen LogP contribution in [-0.2, 0) is 6.54 Å². The largest absolute Gasteiger partial charge is 0.435 e. The maximum atomic E-state index is 12.2. The zero-order chi connectivity index (χ0) is 22.2. The Bertz CT molecular complexity index is 1000. The van der Waals surface area contributed by atoms with Crippen molar-refractivity contribution in [3.8, 4) is 5.75 Å². The minimum absolute atomic E-state index is 0.0479. The number of aliphatic imine (C=N–C) groups is 1. The number of aliphatic hydroxyl groups excluding tert-OH is 1. The number of rotatable bonds is 9. The molecule has 7 nitrogen and oxygen atoms in total. The van der Waals surface area contributed by atoms with Gasteiger partial charge in [-0.25, -0.2) is 4.98 Å². The molecule has 0 radical (unpaired) electrons. The van der Waals surface area contributed by atoms with Gasteiger partial charge in [0.1, 0.15) is 11.6 Å². The minimum Gasteiger partial charge on any atom is -0.435 e. The molecular formula is C22H27F2N5O2. The molecule has 0 fully saturated rings. The van der Waals surface area contributed by atoms with Gasteiger partial charge in [0.25, 0.3) is 0 Å². The molecule has 3 aromatic rings. The molecular weight excluding hydrogens is 404 g/mol. The molecule has 0 aliphatic rings. The van der Waals surface area contributed by atoms with Crippen molar-refractivity contribution in [2.75, 3.05) is 19.6 Å². The molecule has 1 aromatic heterocycles. The first kappa shape index (κ1) is 22.5. The van der Waals surface area contributed by atoms with E-state index in [0.717, 1.165) is 16.9 Å². The van der Waals surface area contributed by atoms with Crippen molar-refractivity contribution in [3.05, 3.63) is 59.9 Å². The van der Waals surface area contributed by atoms with Gasteiger partial charge in [-0.05, 0) is 43.7 Å². The second kappa shape index (κ2) is 10.7. The number of hydrogen-bond donors (Lipinski definition) is 3. The van der Waals surface area contributed by atoms with Crippen molar-refractivity contribution in [1.29, 1.82) is 0 Å². The van der Waals surface area contributed by atoms with Crippen LogP contribution >= 0.6 is 0 Å². The molecule has 0 aliphatic heterocycles. The fourth-order valence-electron chi connectivity index (χ4n) is 3.26. The van der Waals surface area contributed by atoms with Gasteiger partial charge in [0.2, 0.25) is 0 Å². The van der Waals surface area contributed by atoms with Crippen LogP contribution in [0.2, 0.25) is 0 Å². The Morgan fingerprint density at radius 2 is 1.90 bits per heavy atom. The second-order valence-electron chi connectivity index (χ2n) is 6.91. The molecule has 166 valence electrons. The zero-order valence-electron chi connectivity index (χ0n) is 17.6. The summed E-state index contributed by atoms with van der Waals surface area (Å²) >= 11 is 0. The Balaban J connectivity index is 1.57. The monoisotopic (exact) mass is 431 g/mol. The van der Waals surface area contributed by atoms with Crippen molar-refractivity contribution in [1.82, 2.24) is 20.2 Å². The van der Waals surface area contributed by atoms with Crippen LogP contribution in [0.15, 0.2) is 53.5 Å². The van der Waals surface area contributed by atoms with Gasteiger partial charge in [-0.15, -0.1) is 0 Å². The predicted octanol–water partition coefficient (Wildman–Crippen LogP) is 3.23. The number of nitrogens with zero attached hydrogens (tertiary/aromatic N) is 3. The van der Waals surface area contributed by atoms with Gasteiger partial charge in [-0.1, -0.05) is 24.3 Å². The number of nitrogens with one attached hydrogen (secondary N) is 2. The second-order valence-corrected chi connectivity index (χ2v) is 6.91. The van der Waals surface area contributed by atoms with Crippen molar-refractivity contribution in [3.63, 3.8) is 0 Å². The summed E-state index contributed by atoms with van der Waals surface area (Å²) in [6.45, 7) is 3.20. The van der Waals surface area contributed by atoms with E-state index in [1.165, 1.54) is 12.1 Å². The van der Waals surface area contributed by atoms with E-state index in [9.17, 15) is 13.9 Å². The molecule has 3 N–H and O–H groups in total. The van der Waals surface area contributed by atoms with Crippen LogP contribution in [0.4, 0.5) is 8.78 Å². The normalized spacial score (nSPS) is 12.9. The third-order valence-electron chi connectivity index (χ3n) is 4.73. The SMILES string of the molecule is CCNC(=NCC(O)c1ccc(OC(F)F)cc1)NCCn1c(C)nc2ccccc21. The van der Waals surface area contributed by atoms with E-state index < -0.39 is 12.7 Å². The summed E-state index contributed by atoms with van der Waals surface area (Å²) in [5.41, 5.74) is 2.62. The van der Waals surface area contributed by atoms with Crippen LogP contribution in [0.25, 0.3) is 11.0 Å². The molecule has 1 heterocycles. The first-order valence-electron chi connectivity index (χ1n) is 10.1. The van der Waals surface area contributed by atoms with Gasteiger partial charge in [0.05, 0.1) is 23.7 Å². The number of aliphatic hydroxyl groups is 1. The number of halogens is 2. The summed E-state index contributed by atoms with van der Waals surface area (Å²) in [6, 6.07) is 13.9. The third-order valence-corrected chi connectivity index (χ3v) is 4.73. The topological polar surface area (TPSA) is 83.7 Å². The smallest absolute Gasteiger partial charge is 0.387 e. The van der Waals surface area contributed by atoms with E-state index in [0.29, 0.717) is 31.2 Å². The lowest BCUT2D eigenvalue weighted by molar-refractivity contribution is -0.0498. The van der Waals surface area contributed by atoms with Crippen molar-refractivity contribution < 1.29 is 18.6 Å². The van der Waals surface area contributed by atoms with Crippen LogP contribution in [0.1, 0.15) is 24.4 Å².